The Morgan fingerprint density at radius 2 is 1.81 bits per heavy atom. The van der Waals surface area contributed by atoms with E-state index in [4.69, 9.17) is 4.74 Å². The first-order chi connectivity index (χ1) is 10.3. The molecule has 3 rings (SSSR count). The molecule has 21 heavy (non-hydrogen) atoms. The molecule has 0 radical (unpaired) electrons. The van der Waals surface area contributed by atoms with Gasteiger partial charge in [0.05, 0.1) is 13.2 Å². The standard InChI is InChI=1S/C18H17NO2/c1-2-21-16-9-7-15(8-10-16)18(20)13-19-12-11-14-5-3-4-6-17(14)19/h3-12H,2,13H2,1H3. The van der Waals surface area contributed by atoms with Crippen LogP contribution in [0, 0.1) is 0 Å². The number of carbonyl (C=O) groups excluding carboxylic acids is 1. The summed E-state index contributed by atoms with van der Waals surface area (Å²) in [7, 11) is 0. The van der Waals surface area contributed by atoms with Gasteiger partial charge in [-0.05, 0) is 48.7 Å². The van der Waals surface area contributed by atoms with Crippen molar-refractivity contribution in [2.24, 2.45) is 0 Å². The van der Waals surface area contributed by atoms with Crippen molar-refractivity contribution in [1.29, 1.82) is 0 Å². The highest BCUT2D eigenvalue weighted by molar-refractivity contribution is 5.97. The molecule has 0 unspecified atom stereocenters. The van der Waals surface area contributed by atoms with Crippen LogP contribution >= 0.6 is 0 Å². The second-order valence-electron chi connectivity index (χ2n) is 4.88. The molecule has 0 aliphatic heterocycles. The first-order valence-corrected chi connectivity index (χ1v) is 7.08. The second kappa shape index (κ2) is 5.83. The lowest BCUT2D eigenvalue weighted by Crippen LogP contribution is -2.09. The van der Waals surface area contributed by atoms with Crippen molar-refractivity contribution in [1.82, 2.24) is 4.57 Å². The monoisotopic (exact) mass is 279 g/mol. The summed E-state index contributed by atoms with van der Waals surface area (Å²) in [6, 6.07) is 17.4. The van der Waals surface area contributed by atoms with E-state index in [1.165, 1.54) is 0 Å². The quantitative estimate of drug-likeness (QED) is 0.663. The largest absolute Gasteiger partial charge is 0.494 e. The van der Waals surface area contributed by atoms with Crippen LogP contribution in [0.2, 0.25) is 0 Å². The third kappa shape index (κ3) is 2.82. The summed E-state index contributed by atoms with van der Waals surface area (Å²) in [5.41, 5.74) is 1.79. The number of nitrogens with zero attached hydrogens (tertiary/aromatic N) is 1. The fourth-order valence-corrected chi connectivity index (χ4v) is 2.43. The van der Waals surface area contributed by atoms with E-state index in [2.05, 4.69) is 0 Å². The number of fused-ring (bicyclic) bond motifs is 1. The third-order valence-electron chi connectivity index (χ3n) is 3.48. The lowest BCUT2D eigenvalue weighted by Gasteiger charge is -2.06. The van der Waals surface area contributed by atoms with Gasteiger partial charge in [0.2, 0.25) is 0 Å². The van der Waals surface area contributed by atoms with Crippen LogP contribution < -0.4 is 4.74 Å². The van der Waals surface area contributed by atoms with Gasteiger partial charge < -0.3 is 9.30 Å². The number of para-hydroxylation sites is 1. The Hall–Kier alpha value is -2.55. The lowest BCUT2D eigenvalue weighted by atomic mass is 10.1. The van der Waals surface area contributed by atoms with Gasteiger partial charge in [0, 0.05) is 17.3 Å². The van der Waals surface area contributed by atoms with Gasteiger partial charge >= 0.3 is 0 Å². The minimum Gasteiger partial charge on any atom is -0.494 e. The predicted octanol–water partition coefficient (Wildman–Crippen LogP) is 3.92. The summed E-state index contributed by atoms with van der Waals surface area (Å²) < 4.78 is 7.37. The average molecular weight is 279 g/mol. The smallest absolute Gasteiger partial charge is 0.182 e. The minimum atomic E-state index is 0.0967. The molecule has 106 valence electrons. The zero-order valence-corrected chi connectivity index (χ0v) is 12.0. The molecule has 0 fully saturated rings. The van der Waals surface area contributed by atoms with Crippen molar-refractivity contribution in [3.8, 4) is 5.75 Å². The van der Waals surface area contributed by atoms with Gasteiger partial charge in [-0.25, -0.2) is 0 Å². The van der Waals surface area contributed by atoms with E-state index < -0.39 is 0 Å². The normalized spacial score (nSPS) is 10.7. The van der Waals surface area contributed by atoms with Crippen molar-refractivity contribution in [3.63, 3.8) is 0 Å². The topological polar surface area (TPSA) is 31.2 Å². The van der Waals surface area contributed by atoms with Gasteiger partial charge in [-0.1, -0.05) is 18.2 Å². The summed E-state index contributed by atoms with van der Waals surface area (Å²) >= 11 is 0. The van der Waals surface area contributed by atoms with Crippen LogP contribution in [-0.2, 0) is 6.54 Å². The highest BCUT2D eigenvalue weighted by Gasteiger charge is 2.08. The molecule has 0 aliphatic rings. The van der Waals surface area contributed by atoms with Crippen molar-refractivity contribution < 1.29 is 9.53 Å². The number of carbonyl (C=O) groups is 1. The first-order valence-electron chi connectivity index (χ1n) is 7.08. The van der Waals surface area contributed by atoms with E-state index in [1.807, 2.05) is 72.3 Å². The molecular formula is C18H17NO2. The fraction of sp³-hybridized carbons (Fsp3) is 0.167. The Labute approximate surface area is 123 Å². The van der Waals surface area contributed by atoms with E-state index in [0.29, 0.717) is 18.7 Å². The van der Waals surface area contributed by atoms with E-state index in [-0.39, 0.29) is 5.78 Å². The van der Waals surface area contributed by atoms with Gasteiger partial charge in [-0.2, -0.15) is 0 Å². The molecule has 0 saturated heterocycles. The molecule has 1 aromatic heterocycles. The van der Waals surface area contributed by atoms with Crippen LogP contribution in [0.4, 0.5) is 0 Å². The number of ether oxygens (including phenoxy) is 1. The van der Waals surface area contributed by atoms with Crippen molar-refractivity contribution in [2.45, 2.75) is 13.5 Å². The third-order valence-corrected chi connectivity index (χ3v) is 3.48. The molecule has 3 heteroatoms. The predicted molar refractivity (Wildman–Crippen MR) is 83.9 cm³/mol. The molecule has 0 N–H and O–H groups in total. The highest BCUT2D eigenvalue weighted by Crippen LogP contribution is 2.17. The molecule has 0 saturated carbocycles. The van der Waals surface area contributed by atoms with Crippen molar-refractivity contribution in [2.75, 3.05) is 6.61 Å². The number of ketones is 1. The zero-order valence-electron chi connectivity index (χ0n) is 12.0. The van der Waals surface area contributed by atoms with Gasteiger partial charge in [0.15, 0.2) is 5.78 Å². The molecule has 0 atom stereocenters. The molecule has 3 aromatic rings. The van der Waals surface area contributed by atoms with E-state index >= 15 is 0 Å². The van der Waals surface area contributed by atoms with Gasteiger partial charge in [-0.15, -0.1) is 0 Å². The van der Waals surface area contributed by atoms with E-state index in [9.17, 15) is 4.79 Å². The van der Waals surface area contributed by atoms with Gasteiger partial charge in [0.25, 0.3) is 0 Å². The molecule has 0 bridgehead atoms. The number of hydrogen-bond acceptors (Lipinski definition) is 2. The van der Waals surface area contributed by atoms with Crippen molar-refractivity contribution in [3.05, 3.63) is 66.4 Å². The molecule has 2 aromatic carbocycles. The SMILES string of the molecule is CCOc1ccc(C(=O)Cn2ccc3ccccc32)cc1. The number of rotatable bonds is 5. The Kier molecular flexibility index (Phi) is 3.73. The average Bonchev–Trinajstić information content (AvgIpc) is 2.92. The van der Waals surface area contributed by atoms with Crippen LogP contribution in [0.25, 0.3) is 10.9 Å². The minimum absolute atomic E-state index is 0.0967. The summed E-state index contributed by atoms with van der Waals surface area (Å²) in [6.45, 7) is 2.92. The molecule has 0 spiro atoms. The molecule has 0 amide bonds. The molecular weight excluding hydrogens is 262 g/mol. The van der Waals surface area contributed by atoms with Crippen LogP contribution in [0.15, 0.2) is 60.8 Å². The Morgan fingerprint density at radius 1 is 1.05 bits per heavy atom. The van der Waals surface area contributed by atoms with E-state index in [1.54, 1.807) is 0 Å². The number of aromatic nitrogens is 1. The van der Waals surface area contributed by atoms with Crippen LogP contribution in [0.5, 0.6) is 5.75 Å². The second-order valence-corrected chi connectivity index (χ2v) is 4.88. The molecule has 3 nitrogen and oxygen atoms in total. The lowest BCUT2D eigenvalue weighted by molar-refractivity contribution is 0.0973. The zero-order chi connectivity index (χ0) is 14.7. The summed E-state index contributed by atoms with van der Waals surface area (Å²) in [6.07, 6.45) is 1.96. The maximum atomic E-state index is 12.4. The Morgan fingerprint density at radius 3 is 2.57 bits per heavy atom. The van der Waals surface area contributed by atoms with Crippen molar-refractivity contribution >= 4 is 16.7 Å². The fourth-order valence-electron chi connectivity index (χ4n) is 2.43. The first kappa shape index (κ1) is 13.4. The molecule has 1 heterocycles. The number of benzene rings is 2. The van der Waals surface area contributed by atoms with Crippen LogP contribution in [-0.4, -0.2) is 17.0 Å². The van der Waals surface area contributed by atoms with Gasteiger partial charge in [0.1, 0.15) is 5.75 Å². The van der Waals surface area contributed by atoms with E-state index in [0.717, 1.165) is 16.7 Å². The van der Waals surface area contributed by atoms with Crippen LogP contribution in [0.1, 0.15) is 17.3 Å². The maximum absolute atomic E-state index is 12.4. The highest BCUT2D eigenvalue weighted by atomic mass is 16.5. The number of Topliss-reactive ketones (excluding diaryl/α,β-unsaturated/α-hetero) is 1. The molecule has 0 aliphatic carbocycles. The summed E-state index contributed by atoms with van der Waals surface area (Å²) in [4.78, 5) is 12.4. The van der Waals surface area contributed by atoms with Gasteiger partial charge in [-0.3, -0.25) is 4.79 Å². The summed E-state index contributed by atoms with van der Waals surface area (Å²) in [5.74, 6) is 0.889. The Bertz CT molecular complexity index is 756. The maximum Gasteiger partial charge on any atom is 0.182 e. The number of hydrogen-bond donors (Lipinski definition) is 0. The Balaban J connectivity index is 1.79. The van der Waals surface area contributed by atoms with Crippen LogP contribution in [0.3, 0.4) is 0 Å². The summed E-state index contributed by atoms with van der Waals surface area (Å²) in [5, 5.41) is 1.15.